The molecule has 68 heavy (non-hydrogen) atoms. The summed E-state index contributed by atoms with van der Waals surface area (Å²) in [5, 5.41) is 74.6. The van der Waals surface area contributed by atoms with E-state index in [0.29, 0.717) is 57.3 Å². The number of anilines is 1. The van der Waals surface area contributed by atoms with E-state index >= 15 is 0 Å². The molecule has 0 spiro atoms. The number of fused-ring (bicyclic) bond motifs is 1. The van der Waals surface area contributed by atoms with Gasteiger partial charge in [-0.25, -0.2) is 4.63 Å². The number of hydrogen-bond donors (Lipinski definition) is 7. The van der Waals surface area contributed by atoms with Crippen molar-refractivity contribution in [3.63, 3.8) is 0 Å². The molecule has 1 amide bonds. The second-order valence-electron chi connectivity index (χ2n) is 17.5. The number of carbonyl (C=O) groups is 3. The number of phosphoric ester groups is 1. The first kappa shape index (κ1) is 58.5. The number of nitro benzene ring substituents is 1. The number of unbranched alkanes of at least 4 members (excludes halogenated alkanes) is 18. The van der Waals surface area contributed by atoms with Gasteiger partial charge in [0.1, 0.15) is 43.2 Å². The number of hydrogen-bond acceptors (Lipinski definition) is 20. The third-order valence-corrected chi connectivity index (χ3v) is 12.8. The van der Waals surface area contributed by atoms with Gasteiger partial charge in [0.25, 0.3) is 7.82 Å². The highest BCUT2D eigenvalue weighted by atomic mass is 31.2. The van der Waals surface area contributed by atoms with Crippen molar-refractivity contribution in [3.05, 3.63) is 22.2 Å². The molecule has 0 saturated heterocycles. The van der Waals surface area contributed by atoms with Crippen LogP contribution < -0.4 is 15.5 Å². The van der Waals surface area contributed by atoms with Crippen molar-refractivity contribution in [2.45, 2.75) is 204 Å². The second-order valence-corrected chi connectivity index (χ2v) is 18.9. The van der Waals surface area contributed by atoms with Crippen LogP contribution in [0.5, 0.6) is 0 Å². The molecule has 1 saturated carbocycles. The topological polar surface area (TPSA) is 336 Å². The maximum absolute atomic E-state index is 12.8. The van der Waals surface area contributed by atoms with Gasteiger partial charge < -0.3 is 59.6 Å². The average Bonchev–Trinajstić information content (AvgIpc) is 3.81. The Hall–Kier alpha value is -3.86. The second kappa shape index (κ2) is 32.9. The lowest BCUT2D eigenvalue weighted by atomic mass is 9.85. The standard InChI is InChI=1S/C45H76N5O17P/c1-2-3-4-5-6-7-8-9-10-11-12-13-14-15-19-25-37(53)65-32(31-64-68(61,62)66-45-43(57)41(55)40(54)42(56)44(45)58)30-63-36(52)24-20-17-22-29-47-35(51)23-18-16-21-28-46-33-26-27-34(50(59)60)39-38(33)48-67-49-39/h26-27,32,40-46,54-58H,2-25,28-31H2,1H3,(H,47,51)(H,61,62)/p-1/t32-,40?,41-,42+,43-,44-,45?/m0/s1. The Bertz CT molecular complexity index is 1810. The summed E-state index contributed by atoms with van der Waals surface area (Å²) in [6.45, 7) is 1.74. The van der Waals surface area contributed by atoms with Gasteiger partial charge in [0.2, 0.25) is 11.4 Å². The number of aliphatic hydroxyl groups excluding tert-OH is 5. The van der Waals surface area contributed by atoms with E-state index in [2.05, 4.69) is 32.5 Å². The average molecular weight is 989 g/mol. The molecular weight excluding hydrogens is 913 g/mol. The highest BCUT2D eigenvalue weighted by molar-refractivity contribution is 7.45. The molecule has 388 valence electrons. The third kappa shape index (κ3) is 22.3. The lowest BCUT2D eigenvalue weighted by molar-refractivity contribution is -0.383. The maximum Gasteiger partial charge on any atom is 0.306 e. The number of nitro groups is 1. The Morgan fingerprint density at radius 2 is 1.19 bits per heavy atom. The van der Waals surface area contributed by atoms with Crippen molar-refractivity contribution in [1.82, 2.24) is 15.6 Å². The smallest absolute Gasteiger partial charge is 0.306 e. The van der Waals surface area contributed by atoms with E-state index in [1.165, 1.54) is 70.3 Å². The first-order chi connectivity index (χ1) is 32.6. The number of nitrogens with zero attached hydrogens (tertiary/aromatic N) is 3. The number of non-ortho nitro benzene ring substituents is 1. The number of esters is 2. The minimum Gasteiger partial charge on any atom is -0.756 e. The summed E-state index contributed by atoms with van der Waals surface area (Å²) >= 11 is 0. The van der Waals surface area contributed by atoms with Crippen molar-refractivity contribution in [2.24, 2.45) is 0 Å². The number of aromatic nitrogens is 2. The zero-order chi connectivity index (χ0) is 49.7. The number of phosphoric acid groups is 1. The summed E-state index contributed by atoms with van der Waals surface area (Å²) < 4.78 is 37.7. The van der Waals surface area contributed by atoms with Crippen LogP contribution in [0.25, 0.3) is 11.0 Å². The third-order valence-electron chi connectivity index (χ3n) is 11.8. The molecule has 8 atom stereocenters. The Balaban J connectivity index is 1.32. The largest absolute Gasteiger partial charge is 0.756 e. The van der Waals surface area contributed by atoms with E-state index in [1.54, 1.807) is 6.07 Å². The fourth-order valence-electron chi connectivity index (χ4n) is 7.78. The summed E-state index contributed by atoms with van der Waals surface area (Å²) in [6.07, 6.45) is 7.46. The summed E-state index contributed by atoms with van der Waals surface area (Å²) in [4.78, 5) is 61.0. The van der Waals surface area contributed by atoms with Gasteiger partial charge in [0, 0.05) is 38.4 Å². The Morgan fingerprint density at radius 1 is 0.691 bits per heavy atom. The summed E-state index contributed by atoms with van der Waals surface area (Å²) in [5.74, 6) is -1.44. The quantitative estimate of drug-likeness (QED) is 0.0150. The lowest BCUT2D eigenvalue weighted by Crippen LogP contribution is -2.64. The first-order valence-corrected chi connectivity index (χ1v) is 25.9. The first-order valence-electron chi connectivity index (χ1n) is 24.4. The van der Waals surface area contributed by atoms with Crippen LogP contribution in [-0.2, 0) is 37.5 Å². The van der Waals surface area contributed by atoms with Crippen LogP contribution in [0.3, 0.4) is 0 Å². The van der Waals surface area contributed by atoms with Gasteiger partial charge in [-0.2, -0.15) is 0 Å². The predicted molar refractivity (Wildman–Crippen MR) is 246 cm³/mol. The van der Waals surface area contributed by atoms with E-state index < -0.39 is 80.6 Å². The number of benzene rings is 1. The van der Waals surface area contributed by atoms with Crippen molar-refractivity contribution in [1.29, 1.82) is 0 Å². The molecule has 0 radical (unpaired) electrons. The van der Waals surface area contributed by atoms with Crippen molar-refractivity contribution in [2.75, 3.05) is 31.6 Å². The molecule has 2 aromatic rings. The normalized spacial score (nSPS) is 20.7. The molecule has 1 aromatic heterocycles. The number of carbonyl (C=O) groups excluding carboxylic acids is 3. The summed E-state index contributed by atoms with van der Waals surface area (Å²) in [6, 6.07) is 2.87. The van der Waals surface area contributed by atoms with Crippen LogP contribution >= 0.6 is 7.82 Å². The van der Waals surface area contributed by atoms with Crippen LogP contribution in [0.1, 0.15) is 161 Å². The van der Waals surface area contributed by atoms with Crippen LogP contribution in [0.15, 0.2) is 16.8 Å². The molecule has 0 aliphatic heterocycles. The number of ether oxygens (including phenoxy) is 2. The van der Waals surface area contributed by atoms with Crippen molar-refractivity contribution >= 4 is 48.1 Å². The van der Waals surface area contributed by atoms with Crippen LogP contribution in [0, 0.1) is 10.1 Å². The van der Waals surface area contributed by atoms with E-state index in [0.717, 1.165) is 38.5 Å². The molecule has 22 nitrogen and oxygen atoms in total. The molecule has 1 fully saturated rings. The van der Waals surface area contributed by atoms with Gasteiger partial charge in [-0.05, 0) is 48.5 Å². The van der Waals surface area contributed by atoms with E-state index in [-0.39, 0.29) is 35.5 Å². The Kier molecular flexibility index (Phi) is 28.2. The molecule has 23 heteroatoms. The number of rotatable bonds is 38. The van der Waals surface area contributed by atoms with Crippen LogP contribution in [0.4, 0.5) is 11.4 Å². The van der Waals surface area contributed by atoms with Gasteiger partial charge >= 0.3 is 17.6 Å². The zero-order valence-electron chi connectivity index (χ0n) is 39.4. The minimum atomic E-state index is -5.43. The number of nitrogens with one attached hydrogen (secondary N) is 2. The summed E-state index contributed by atoms with van der Waals surface area (Å²) in [7, 11) is -5.43. The van der Waals surface area contributed by atoms with Crippen molar-refractivity contribution in [3.8, 4) is 0 Å². The van der Waals surface area contributed by atoms with Gasteiger partial charge in [-0.3, -0.25) is 29.1 Å². The van der Waals surface area contributed by atoms with Crippen LogP contribution in [0.2, 0.25) is 0 Å². The van der Waals surface area contributed by atoms with Crippen molar-refractivity contribution < 1.29 is 77.4 Å². The zero-order valence-corrected chi connectivity index (χ0v) is 40.3. The molecule has 3 rings (SSSR count). The minimum absolute atomic E-state index is 0.0156. The van der Waals surface area contributed by atoms with Gasteiger partial charge in [-0.15, -0.1) is 0 Å². The van der Waals surface area contributed by atoms with Crippen LogP contribution in [-0.4, -0.2) is 128 Å². The SMILES string of the molecule is CCCCCCCCCCCCCCCCCC(=O)O[C@@H](COC(=O)CCCCCNC(=O)CCCCCNc1ccc([N+](=O)[O-])c2nonc12)COP(=O)([O-])OC1[C@@H](O)[C@H](O)C(O)[C@H](O)[C@@H]1O. The molecule has 1 aromatic carbocycles. The highest BCUT2D eigenvalue weighted by Crippen LogP contribution is 2.43. The number of amides is 1. The Morgan fingerprint density at radius 3 is 1.78 bits per heavy atom. The highest BCUT2D eigenvalue weighted by Gasteiger charge is 2.50. The molecule has 1 aliphatic rings. The van der Waals surface area contributed by atoms with Gasteiger partial charge in [-0.1, -0.05) is 110 Å². The lowest BCUT2D eigenvalue weighted by Gasteiger charge is -2.43. The van der Waals surface area contributed by atoms with Gasteiger partial charge in [0.15, 0.2) is 11.6 Å². The van der Waals surface area contributed by atoms with E-state index in [4.69, 9.17) is 18.5 Å². The molecule has 7 N–H and O–H groups in total. The van der Waals surface area contributed by atoms with E-state index in [9.17, 15) is 59.5 Å². The molecule has 1 heterocycles. The monoisotopic (exact) mass is 988 g/mol. The molecule has 3 unspecified atom stereocenters. The Labute approximate surface area is 397 Å². The fourth-order valence-corrected chi connectivity index (χ4v) is 8.73. The van der Waals surface area contributed by atoms with Gasteiger partial charge in [0.05, 0.1) is 17.2 Å². The molecule has 0 bridgehead atoms. The molecular formula is C45H75N5O17P-. The maximum atomic E-state index is 12.8. The predicted octanol–water partition coefficient (Wildman–Crippen LogP) is 5.18. The van der Waals surface area contributed by atoms with E-state index in [1.807, 2.05) is 0 Å². The molecule has 1 aliphatic carbocycles. The number of aliphatic hydroxyl groups is 5. The summed E-state index contributed by atoms with van der Waals surface area (Å²) in [5.41, 5.74) is 0.684. The fraction of sp³-hybridized carbons (Fsp3) is 0.800.